The third-order valence-corrected chi connectivity index (χ3v) is 3.27. The van der Waals surface area contributed by atoms with E-state index in [2.05, 4.69) is 4.98 Å². The number of aromatic amines is 1. The molecule has 2 aromatic carbocycles. The molecule has 0 saturated heterocycles. The Morgan fingerprint density at radius 2 is 1.63 bits per heavy atom. The lowest BCUT2D eigenvalue weighted by molar-refractivity contribution is 1.05. The van der Waals surface area contributed by atoms with Crippen LogP contribution in [0.2, 0.25) is 0 Å². The van der Waals surface area contributed by atoms with Crippen LogP contribution in [0.25, 0.3) is 22.2 Å². The largest absolute Gasteiger partial charge is 0.354 e. The second kappa shape index (κ2) is 4.71. The van der Waals surface area contributed by atoms with Gasteiger partial charge in [-0.25, -0.2) is 0 Å². The van der Waals surface area contributed by atoms with Crippen molar-refractivity contribution >= 4 is 10.9 Å². The number of hydrogen-bond acceptors (Lipinski definition) is 2. The molecule has 19 heavy (non-hydrogen) atoms. The lowest BCUT2D eigenvalue weighted by Gasteiger charge is -2.10. The standard InChI is InChI=1S/C16H14N2O/c17-10-13-15(11-6-2-1-3-7-11)18-14-9-5-4-8-12(14)16(13)19/h1-9H,10,17H2,(H,18,19). The lowest BCUT2D eigenvalue weighted by Crippen LogP contribution is -2.16. The number of rotatable bonds is 2. The van der Waals surface area contributed by atoms with Crippen LogP contribution in [0.5, 0.6) is 0 Å². The van der Waals surface area contributed by atoms with E-state index in [0.29, 0.717) is 10.9 Å². The molecule has 94 valence electrons. The van der Waals surface area contributed by atoms with Crippen LogP contribution in [0.3, 0.4) is 0 Å². The molecule has 0 aliphatic carbocycles. The van der Waals surface area contributed by atoms with Crippen molar-refractivity contribution in [2.75, 3.05) is 0 Å². The molecular formula is C16H14N2O. The summed E-state index contributed by atoms with van der Waals surface area (Å²) in [4.78, 5) is 15.8. The van der Waals surface area contributed by atoms with E-state index in [1.807, 2.05) is 54.6 Å². The fraction of sp³-hybridized carbons (Fsp3) is 0.0625. The summed E-state index contributed by atoms with van der Waals surface area (Å²) in [5.74, 6) is 0. The molecule has 3 N–H and O–H groups in total. The number of benzene rings is 2. The molecule has 0 atom stereocenters. The van der Waals surface area contributed by atoms with Gasteiger partial charge >= 0.3 is 0 Å². The topological polar surface area (TPSA) is 58.9 Å². The minimum absolute atomic E-state index is 0.00991. The maximum atomic E-state index is 12.5. The highest BCUT2D eigenvalue weighted by Crippen LogP contribution is 2.21. The van der Waals surface area contributed by atoms with E-state index in [0.717, 1.165) is 16.8 Å². The monoisotopic (exact) mass is 250 g/mol. The van der Waals surface area contributed by atoms with Gasteiger partial charge in [0.25, 0.3) is 0 Å². The van der Waals surface area contributed by atoms with E-state index < -0.39 is 0 Å². The first-order chi connectivity index (χ1) is 9.31. The van der Waals surface area contributed by atoms with Crippen LogP contribution in [-0.4, -0.2) is 4.98 Å². The molecule has 3 nitrogen and oxygen atoms in total. The molecule has 0 spiro atoms. The van der Waals surface area contributed by atoms with E-state index >= 15 is 0 Å². The number of nitrogens with two attached hydrogens (primary N) is 1. The van der Waals surface area contributed by atoms with Gasteiger partial charge in [0.05, 0.1) is 5.69 Å². The summed E-state index contributed by atoms with van der Waals surface area (Å²) in [6.07, 6.45) is 0. The average molecular weight is 250 g/mol. The SMILES string of the molecule is NCc1c(-c2ccccc2)[nH]c2ccccc2c1=O. The lowest BCUT2D eigenvalue weighted by atomic mass is 10.0. The Hall–Kier alpha value is -2.39. The van der Waals surface area contributed by atoms with Gasteiger partial charge in [-0.2, -0.15) is 0 Å². The van der Waals surface area contributed by atoms with Gasteiger partial charge < -0.3 is 10.7 Å². The van der Waals surface area contributed by atoms with Crippen LogP contribution in [-0.2, 0) is 6.54 Å². The zero-order valence-electron chi connectivity index (χ0n) is 10.4. The molecule has 0 amide bonds. The van der Waals surface area contributed by atoms with E-state index in [9.17, 15) is 4.79 Å². The van der Waals surface area contributed by atoms with Gasteiger partial charge in [0, 0.05) is 23.0 Å². The third kappa shape index (κ3) is 1.94. The number of hydrogen-bond donors (Lipinski definition) is 2. The van der Waals surface area contributed by atoms with Crippen molar-refractivity contribution < 1.29 is 0 Å². The minimum atomic E-state index is 0.00991. The summed E-state index contributed by atoms with van der Waals surface area (Å²) in [5.41, 5.74) is 9.03. The van der Waals surface area contributed by atoms with Crippen LogP contribution in [0.1, 0.15) is 5.56 Å². The van der Waals surface area contributed by atoms with Gasteiger partial charge in [0.2, 0.25) is 0 Å². The van der Waals surface area contributed by atoms with Crippen molar-refractivity contribution in [3.63, 3.8) is 0 Å². The summed E-state index contributed by atoms with van der Waals surface area (Å²) in [6.45, 7) is 0.227. The zero-order valence-corrected chi connectivity index (χ0v) is 10.4. The first-order valence-electron chi connectivity index (χ1n) is 6.20. The predicted molar refractivity (Wildman–Crippen MR) is 77.9 cm³/mol. The molecule has 0 bridgehead atoms. The summed E-state index contributed by atoms with van der Waals surface area (Å²) in [6, 6.07) is 17.3. The molecule has 0 aliphatic rings. The van der Waals surface area contributed by atoms with Crippen LogP contribution >= 0.6 is 0 Å². The predicted octanol–water partition coefficient (Wildman–Crippen LogP) is 2.65. The van der Waals surface area contributed by atoms with E-state index in [-0.39, 0.29) is 12.0 Å². The first kappa shape index (κ1) is 11.7. The van der Waals surface area contributed by atoms with Gasteiger partial charge in [0.1, 0.15) is 0 Å². The molecule has 0 saturated carbocycles. The molecule has 3 rings (SSSR count). The van der Waals surface area contributed by atoms with Gasteiger partial charge in [-0.1, -0.05) is 42.5 Å². The first-order valence-corrected chi connectivity index (χ1v) is 6.20. The summed E-state index contributed by atoms with van der Waals surface area (Å²) in [7, 11) is 0. The average Bonchev–Trinajstić information content (AvgIpc) is 2.48. The van der Waals surface area contributed by atoms with Crippen molar-refractivity contribution in [2.45, 2.75) is 6.54 Å². The highest BCUT2D eigenvalue weighted by atomic mass is 16.1. The highest BCUT2D eigenvalue weighted by molar-refractivity contribution is 5.83. The summed E-state index contributed by atoms with van der Waals surface area (Å²) < 4.78 is 0. The van der Waals surface area contributed by atoms with Crippen molar-refractivity contribution in [1.82, 2.24) is 4.98 Å². The maximum Gasteiger partial charge on any atom is 0.194 e. The summed E-state index contributed by atoms with van der Waals surface area (Å²) >= 11 is 0. The maximum absolute atomic E-state index is 12.5. The van der Waals surface area contributed by atoms with Gasteiger partial charge in [-0.3, -0.25) is 4.79 Å². The molecule has 0 fully saturated rings. The van der Waals surface area contributed by atoms with E-state index in [1.165, 1.54) is 0 Å². The van der Waals surface area contributed by atoms with Crippen molar-refractivity contribution in [3.05, 3.63) is 70.4 Å². The Labute approximate surface area is 110 Å². The molecule has 1 aromatic heterocycles. The second-order valence-corrected chi connectivity index (χ2v) is 4.42. The Morgan fingerprint density at radius 1 is 0.947 bits per heavy atom. The fourth-order valence-electron chi connectivity index (χ4n) is 2.32. The second-order valence-electron chi connectivity index (χ2n) is 4.42. The number of para-hydroxylation sites is 1. The normalized spacial score (nSPS) is 10.8. The molecule has 3 heteroatoms. The van der Waals surface area contributed by atoms with Crippen LogP contribution < -0.4 is 11.2 Å². The molecule has 0 radical (unpaired) electrons. The molecule has 3 aromatic rings. The molecular weight excluding hydrogens is 236 g/mol. The van der Waals surface area contributed by atoms with Crippen LogP contribution in [0.4, 0.5) is 0 Å². The Balaban J connectivity index is 2.39. The molecule has 1 heterocycles. The quantitative estimate of drug-likeness (QED) is 0.734. The van der Waals surface area contributed by atoms with E-state index in [4.69, 9.17) is 5.73 Å². The number of H-pyrrole nitrogens is 1. The highest BCUT2D eigenvalue weighted by Gasteiger charge is 2.11. The van der Waals surface area contributed by atoms with E-state index in [1.54, 1.807) is 0 Å². The fourth-order valence-corrected chi connectivity index (χ4v) is 2.32. The molecule has 0 unspecified atom stereocenters. The summed E-state index contributed by atoms with van der Waals surface area (Å²) in [5, 5.41) is 0.683. The van der Waals surface area contributed by atoms with Crippen LogP contribution in [0, 0.1) is 0 Å². The van der Waals surface area contributed by atoms with Gasteiger partial charge in [0.15, 0.2) is 5.43 Å². The zero-order chi connectivity index (χ0) is 13.2. The Bertz CT molecular complexity index is 776. The van der Waals surface area contributed by atoms with Gasteiger partial charge in [-0.05, 0) is 17.7 Å². The van der Waals surface area contributed by atoms with Crippen molar-refractivity contribution in [2.24, 2.45) is 5.73 Å². The minimum Gasteiger partial charge on any atom is -0.354 e. The number of nitrogens with one attached hydrogen (secondary N) is 1. The third-order valence-electron chi connectivity index (χ3n) is 3.27. The van der Waals surface area contributed by atoms with Gasteiger partial charge in [-0.15, -0.1) is 0 Å². The smallest absolute Gasteiger partial charge is 0.194 e. The number of fused-ring (bicyclic) bond motifs is 1. The Kier molecular flexibility index (Phi) is 2.89. The number of pyridine rings is 1. The number of aromatic nitrogens is 1. The van der Waals surface area contributed by atoms with Crippen LogP contribution in [0.15, 0.2) is 59.4 Å². The van der Waals surface area contributed by atoms with Crippen molar-refractivity contribution in [3.8, 4) is 11.3 Å². The molecule has 0 aliphatic heterocycles. The van der Waals surface area contributed by atoms with Crippen molar-refractivity contribution in [1.29, 1.82) is 0 Å². The Morgan fingerprint density at radius 3 is 2.37 bits per heavy atom.